The van der Waals surface area contributed by atoms with Crippen LogP contribution in [-0.4, -0.2) is 28.0 Å². The van der Waals surface area contributed by atoms with Crippen LogP contribution in [0.3, 0.4) is 0 Å². The number of aromatic nitrogens is 2. The molecule has 1 aromatic carbocycles. The Balaban J connectivity index is 2.01. The van der Waals surface area contributed by atoms with Crippen LogP contribution in [-0.2, 0) is 13.1 Å². The number of nitrogens with zero attached hydrogens (tertiary/aromatic N) is 3. The molecule has 2 aromatic rings. The zero-order valence-corrected chi connectivity index (χ0v) is 14.1. The number of hydrogen-bond donors (Lipinski definition) is 1. The van der Waals surface area contributed by atoms with Crippen LogP contribution in [0.25, 0.3) is 0 Å². The monoisotopic (exact) mass is 298 g/mol. The van der Waals surface area contributed by atoms with Gasteiger partial charge < -0.3 is 5.32 Å². The minimum Gasteiger partial charge on any atom is -0.350 e. The fraction of sp³-hybridized carbons (Fsp3) is 0.444. The maximum Gasteiger partial charge on any atom is 0.223 e. The molecule has 22 heavy (non-hydrogen) atoms. The highest BCUT2D eigenvalue weighted by Gasteiger charge is 2.03. The van der Waals surface area contributed by atoms with Crippen LogP contribution in [0.2, 0.25) is 0 Å². The predicted octanol–water partition coefficient (Wildman–Crippen LogP) is 3.55. The van der Waals surface area contributed by atoms with Crippen molar-refractivity contribution in [3.8, 4) is 0 Å². The SMILES string of the molecule is CCN(CC)Cc1cccc(CNc2nc(C)cc(C)n2)c1. The number of rotatable bonds is 7. The summed E-state index contributed by atoms with van der Waals surface area (Å²) in [7, 11) is 0. The Hall–Kier alpha value is -1.94. The second-order valence-corrected chi connectivity index (χ2v) is 5.61. The van der Waals surface area contributed by atoms with E-state index in [9.17, 15) is 0 Å². The van der Waals surface area contributed by atoms with Gasteiger partial charge in [-0.05, 0) is 44.1 Å². The summed E-state index contributed by atoms with van der Waals surface area (Å²) in [6, 6.07) is 10.7. The molecule has 1 N–H and O–H groups in total. The van der Waals surface area contributed by atoms with Crippen molar-refractivity contribution >= 4 is 5.95 Å². The average molecular weight is 298 g/mol. The lowest BCUT2D eigenvalue weighted by Crippen LogP contribution is -2.22. The Morgan fingerprint density at radius 3 is 2.23 bits per heavy atom. The highest BCUT2D eigenvalue weighted by Crippen LogP contribution is 2.11. The first-order chi connectivity index (χ1) is 10.6. The van der Waals surface area contributed by atoms with Crippen molar-refractivity contribution in [2.24, 2.45) is 0 Å². The Kier molecular flexibility index (Phi) is 5.90. The molecule has 1 heterocycles. The zero-order chi connectivity index (χ0) is 15.9. The van der Waals surface area contributed by atoms with Gasteiger partial charge in [0.2, 0.25) is 5.95 Å². The van der Waals surface area contributed by atoms with Crippen LogP contribution in [0.4, 0.5) is 5.95 Å². The van der Waals surface area contributed by atoms with Gasteiger partial charge in [-0.2, -0.15) is 0 Å². The van der Waals surface area contributed by atoms with Gasteiger partial charge in [0, 0.05) is 24.5 Å². The first-order valence-electron chi connectivity index (χ1n) is 7.97. The number of benzene rings is 1. The van der Waals surface area contributed by atoms with Gasteiger partial charge in [-0.15, -0.1) is 0 Å². The Labute approximate surface area is 133 Å². The van der Waals surface area contributed by atoms with E-state index >= 15 is 0 Å². The highest BCUT2D eigenvalue weighted by molar-refractivity contribution is 5.31. The summed E-state index contributed by atoms with van der Waals surface area (Å²) >= 11 is 0. The second kappa shape index (κ2) is 7.90. The van der Waals surface area contributed by atoms with Gasteiger partial charge in [0.05, 0.1) is 0 Å². The highest BCUT2D eigenvalue weighted by atomic mass is 15.1. The smallest absolute Gasteiger partial charge is 0.223 e. The summed E-state index contributed by atoms with van der Waals surface area (Å²) in [4.78, 5) is 11.2. The van der Waals surface area contributed by atoms with Crippen molar-refractivity contribution in [1.82, 2.24) is 14.9 Å². The van der Waals surface area contributed by atoms with Gasteiger partial charge >= 0.3 is 0 Å². The average Bonchev–Trinajstić information content (AvgIpc) is 2.50. The predicted molar refractivity (Wildman–Crippen MR) is 91.9 cm³/mol. The Morgan fingerprint density at radius 2 is 1.59 bits per heavy atom. The number of nitrogens with one attached hydrogen (secondary N) is 1. The maximum absolute atomic E-state index is 4.42. The van der Waals surface area contributed by atoms with Crippen molar-refractivity contribution in [1.29, 1.82) is 0 Å². The number of anilines is 1. The molecule has 0 saturated carbocycles. The van der Waals surface area contributed by atoms with Gasteiger partial charge in [0.1, 0.15) is 0 Å². The molecule has 0 radical (unpaired) electrons. The molecular formula is C18H26N4. The van der Waals surface area contributed by atoms with Crippen LogP contribution < -0.4 is 5.32 Å². The first kappa shape index (κ1) is 16.4. The standard InChI is InChI=1S/C18H26N4/c1-5-22(6-2)13-17-9-7-8-16(11-17)12-19-18-20-14(3)10-15(4)21-18/h7-11H,5-6,12-13H2,1-4H3,(H,19,20,21). The van der Waals surface area contributed by atoms with Crippen LogP contribution in [0.15, 0.2) is 30.3 Å². The van der Waals surface area contributed by atoms with E-state index in [1.165, 1.54) is 11.1 Å². The van der Waals surface area contributed by atoms with E-state index in [-0.39, 0.29) is 0 Å². The van der Waals surface area contributed by atoms with Crippen LogP contribution in [0.5, 0.6) is 0 Å². The molecule has 0 atom stereocenters. The summed E-state index contributed by atoms with van der Waals surface area (Å²) in [5.41, 5.74) is 4.59. The van der Waals surface area contributed by atoms with Crippen molar-refractivity contribution in [3.05, 3.63) is 52.8 Å². The van der Waals surface area contributed by atoms with Crippen molar-refractivity contribution < 1.29 is 0 Å². The normalized spacial score (nSPS) is 11.0. The first-order valence-corrected chi connectivity index (χ1v) is 7.97. The van der Waals surface area contributed by atoms with E-state index < -0.39 is 0 Å². The van der Waals surface area contributed by atoms with E-state index in [0.29, 0.717) is 5.95 Å². The molecule has 118 valence electrons. The summed E-state index contributed by atoms with van der Waals surface area (Å²) in [6.07, 6.45) is 0. The number of aryl methyl sites for hydroxylation is 2. The van der Waals surface area contributed by atoms with Gasteiger partial charge in [-0.3, -0.25) is 4.90 Å². The summed E-state index contributed by atoms with van der Waals surface area (Å²) in [5.74, 6) is 0.701. The van der Waals surface area contributed by atoms with E-state index in [0.717, 1.165) is 37.6 Å². The molecule has 0 amide bonds. The number of hydrogen-bond acceptors (Lipinski definition) is 4. The van der Waals surface area contributed by atoms with Gasteiger partial charge in [-0.1, -0.05) is 38.1 Å². The summed E-state index contributed by atoms with van der Waals surface area (Å²) in [6.45, 7) is 12.3. The molecule has 0 spiro atoms. The topological polar surface area (TPSA) is 41.0 Å². The third-order valence-electron chi connectivity index (χ3n) is 3.72. The van der Waals surface area contributed by atoms with Crippen molar-refractivity contribution in [2.45, 2.75) is 40.8 Å². The molecule has 0 aliphatic carbocycles. The maximum atomic E-state index is 4.42. The lowest BCUT2D eigenvalue weighted by molar-refractivity contribution is 0.296. The Bertz CT molecular complexity index is 586. The molecule has 4 heteroatoms. The third-order valence-corrected chi connectivity index (χ3v) is 3.72. The second-order valence-electron chi connectivity index (χ2n) is 5.61. The molecule has 4 nitrogen and oxygen atoms in total. The lowest BCUT2D eigenvalue weighted by Gasteiger charge is -2.18. The largest absolute Gasteiger partial charge is 0.350 e. The fourth-order valence-electron chi connectivity index (χ4n) is 2.53. The Morgan fingerprint density at radius 1 is 0.955 bits per heavy atom. The van der Waals surface area contributed by atoms with E-state index in [1.54, 1.807) is 0 Å². The van der Waals surface area contributed by atoms with Gasteiger partial charge in [0.25, 0.3) is 0 Å². The van der Waals surface area contributed by atoms with Crippen molar-refractivity contribution in [3.63, 3.8) is 0 Å². The fourth-order valence-corrected chi connectivity index (χ4v) is 2.53. The van der Waals surface area contributed by atoms with Crippen LogP contribution in [0.1, 0.15) is 36.4 Å². The van der Waals surface area contributed by atoms with Crippen LogP contribution in [0, 0.1) is 13.8 Å². The third kappa shape index (κ3) is 4.81. The molecule has 0 aliphatic heterocycles. The van der Waals surface area contributed by atoms with E-state index in [4.69, 9.17) is 0 Å². The van der Waals surface area contributed by atoms with Crippen LogP contribution >= 0.6 is 0 Å². The van der Waals surface area contributed by atoms with E-state index in [2.05, 4.69) is 58.3 Å². The summed E-state index contributed by atoms with van der Waals surface area (Å²) < 4.78 is 0. The molecule has 0 bridgehead atoms. The molecule has 0 unspecified atom stereocenters. The summed E-state index contributed by atoms with van der Waals surface area (Å²) in [5, 5.41) is 3.32. The molecule has 0 aliphatic rings. The lowest BCUT2D eigenvalue weighted by atomic mass is 10.1. The van der Waals surface area contributed by atoms with Crippen molar-refractivity contribution in [2.75, 3.05) is 18.4 Å². The molecule has 0 fully saturated rings. The molecule has 2 rings (SSSR count). The van der Waals surface area contributed by atoms with Gasteiger partial charge in [0.15, 0.2) is 0 Å². The van der Waals surface area contributed by atoms with E-state index in [1.807, 2.05) is 19.9 Å². The minimum absolute atomic E-state index is 0.701. The minimum atomic E-state index is 0.701. The molecule has 0 saturated heterocycles. The van der Waals surface area contributed by atoms with Gasteiger partial charge in [-0.25, -0.2) is 9.97 Å². The molecular weight excluding hydrogens is 272 g/mol. The zero-order valence-electron chi connectivity index (χ0n) is 14.1. The quantitative estimate of drug-likeness (QED) is 0.849. The molecule has 1 aromatic heterocycles.